The Morgan fingerprint density at radius 3 is 2.26 bits per heavy atom. The van der Waals surface area contributed by atoms with Gasteiger partial charge in [-0.3, -0.25) is 4.90 Å². The maximum Gasteiger partial charge on any atom is 0.152 e. The van der Waals surface area contributed by atoms with Crippen LogP contribution in [0.15, 0.2) is 16.7 Å². The summed E-state index contributed by atoms with van der Waals surface area (Å²) in [4.78, 5) is 11.6. The van der Waals surface area contributed by atoms with Crippen LogP contribution in [0.4, 0.5) is 15.9 Å². The van der Waals surface area contributed by atoms with Crippen molar-refractivity contribution in [3.63, 3.8) is 0 Å². The first-order valence-electron chi connectivity index (χ1n) is 8.25. The van der Waals surface area contributed by atoms with Crippen molar-refractivity contribution in [3.05, 3.63) is 16.7 Å². The molecule has 0 radical (unpaired) electrons. The highest BCUT2D eigenvalue weighted by Gasteiger charge is 2.40. The molecule has 0 atom stereocenters. The fourth-order valence-corrected chi connectivity index (χ4v) is 3.73. The second-order valence-corrected chi connectivity index (χ2v) is 8.83. The van der Waals surface area contributed by atoms with Gasteiger partial charge in [0.05, 0.1) is 18.8 Å². The molecule has 0 aromatic carbocycles. The lowest BCUT2D eigenvalue weighted by Crippen LogP contribution is -2.58. The van der Waals surface area contributed by atoms with Gasteiger partial charge < -0.3 is 9.80 Å². The number of pyridine rings is 1. The third-order valence-corrected chi connectivity index (χ3v) is 5.16. The number of halogens is 2. The van der Waals surface area contributed by atoms with E-state index >= 15 is 0 Å². The van der Waals surface area contributed by atoms with Crippen LogP contribution >= 0.6 is 15.9 Å². The number of piperazine rings is 1. The molecule has 2 saturated heterocycles. The standard InChI is InChI=1S/C17H26BrFN4/c1-16(2,3)23-7-5-21(6-8-23)15-14(9-13(18)10-20-15)22-11-17(4,19)12-22/h9-10H,5-8,11-12H2,1-4H3. The van der Waals surface area contributed by atoms with Crippen LogP contribution < -0.4 is 9.80 Å². The van der Waals surface area contributed by atoms with Crippen LogP contribution in [0.25, 0.3) is 0 Å². The monoisotopic (exact) mass is 384 g/mol. The second-order valence-electron chi connectivity index (χ2n) is 7.91. The third-order valence-electron chi connectivity index (χ3n) is 4.72. The summed E-state index contributed by atoms with van der Waals surface area (Å²) in [7, 11) is 0. The Balaban J connectivity index is 1.76. The van der Waals surface area contributed by atoms with Gasteiger partial charge in [0.2, 0.25) is 0 Å². The number of aromatic nitrogens is 1. The van der Waals surface area contributed by atoms with Crippen molar-refractivity contribution in [2.24, 2.45) is 0 Å². The van der Waals surface area contributed by atoms with Crippen molar-refractivity contribution in [1.82, 2.24) is 9.88 Å². The van der Waals surface area contributed by atoms with E-state index in [1.807, 2.05) is 6.20 Å². The Morgan fingerprint density at radius 1 is 1.13 bits per heavy atom. The van der Waals surface area contributed by atoms with E-state index in [1.54, 1.807) is 6.92 Å². The first-order valence-corrected chi connectivity index (χ1v) is 9.04. The third kappa shape index (κ3) is 3.63. The van der Waals surface area contributed by atoms with Crippen LogP contribution in [0, 0.1) is 0 Å². The maximum absolute atomic E-state index is 13.9. The fraction of sp³-hybridized carbons (Fsp3) is 0.706. The van der Waals surface area contributed by atoms with Crippen molar-refractivity contribution < 1.29 is 4.39 Å². The molecule has 0 bridgehead atoms. The van der Waals surface area contributed by atoms with Crippen LogP contribution in [0.1, 0.15) is 27.7 Å². The second kappa shape index (κ2) is 5.88. The van der Waals surface area contributed by atoms with E-state index < -0.39 is 5.67 Å². The smallest absolute Gasteiger partial charge is 0.152 e. The number of alkyl halides is 1. The molecule has 0 N–H and O–H groups in total. The summed E-state index contributed by atoms with van der Waals surface area (Å²) in [5.74, 6) is 0.984. The fourth-order valence-electron chi connectivity index (χ4n) is 3.41. The number of hydrogen-bond acceptors (Lipinski definition) is 4. The molecule has 0 unspecified atom stereocenters. The van der Waals surface area contributed by atoms with E-state index in [4.69, 9.17) is 0 Å². The van der Waals surface area contributed by atoms with E-state index in [0.717, 1.165) is 42.2 Å². The van der Waals surface area contributed by atoms with Crippen LogP contribution in [-0.2, 0) is 0 Å². The first-order chi connectivity index (χ1) is 10.7. The SMILES string of the molecule is CC1(F)CN(c2cc(Br)cnc2N2CCN(C(C)(C)C)CC2)C1. The lowest BCUT2D eigenvalue weighted by Gasteiger charge is -2.46. The predicted octanol–water partition coefficient (Wildman–Crippen LogP) is 3.31. The quantitative estimate of drug-likeness (QED) is 0.779. The van der Waals surface area contributed by atoms with Crippen molar-refractivity contribution in [2.75, 3.05) is 49.1 Å². The minimum atomic E-state index is -1.08. The molecule has 0 saturated carbocycles. The Bertz CT molecular complexity index is 568. The number of nitrogens with zero attached hydrogens (tertiary/aromatic N) is 4. The zero-order valence-electron chi connectivity index (χ0n) is 14.4. The molecule has 0 spiro atoms. The number of rotatable bonds is 2. The Morgan fingerprint density at radius 2 is 1.74 bits per heavy atom. The predicted molar refractivity (Wildman–Crippen MR) is 97.2 cm³/mol. The van der Waals surface area contributed by atoms with E-state index in [-0.39, 0.29) is 5.54 Å². The molecule has 4 nitrogen and oxygen atoms in total. The van der Waals surface area contributed by atoms with Crippen molar-refractivity contribution in [2.45, 2.75) is 38.9 Å². The molecule has 0 amide bonds. The minimum absolute atomic E-state index is 0.204. The molecule has 1 aromatic rings. The Labute approximate surface area is 146 Å². The highest BCUT2D eigenvalue weighted by Crippen LogP contribution is 2.37. The lowest BCUT2D eigenvalue weighted by atomic mass is 9.98. The van der Waals surface area contributed by atoms with E-state index in [9.17, 15) is 4.39 Å². The van der Waals surface area contributed by atoms with Crippen molar-refractivity contribution in [1.29, 1.82) is 0 Å². The van der Waals surface area contributed by atoms with Crippen LogP contribution in [-0.4, -0.2) is 60.4 Å². The molecule has 1 aromatic heterocycles. The molecule has 128 valence electrons. The molecule has 23 heavy (non-hydrogen) atoms. The van der Waals surface area contributed by atoms with Crippen LogP contribution in [0.5, 0.6) is 0 Å². The number of hydrogen-bond donors (Lipinski definition) is 0. The first kappa shape index (κ1) is 17.0. The van der Waals surface area contributed by atoms with Crippen LogP contribution in [0.2, 0.25) is 0 Å². The molecule has 3 heterocycles. The average Bonchev–Trinajstić information content (AvgIpc) is 2.44. The highest BCUT2D eigenvalue weighted by molar-refractivity contribution is 9.10. The van der Waals surface area contributed by atoms with Gasteiger partial charge in [-0.25, -0.2) is 9.37 Å². The number of anilines is 2. The summed E-state index contributed by atoms with van der Waals surface area (Å²) in [6.07, 6.45) is 1.84. The minimum Gasteiger partial charge on any atom is -0.362 e. The topological polar surface area (TPSA) is 22.6 Å². The summed E-state index contributed by atoms with van der Waals surface area (Å²) in [6, 6.07) is 2.06. The normalized spacial score (nSPS) is 22.2. The van der Waals surface area contributed by atoms with Gasteiger partial charge in [-0.05, 0) is 49.7 Å². The van der Waals surface area contributed by atoms with Gasteiger partial charge in [0.25, 0.3) is 0 Å². The van der Waals surface area contributed by atoms with Gasteiger partial charge in [0.15, 0.2) is 5.82 Å². The van der Waals surface area contributed by atoms with E-state index in [2.05, 4.69) is 62.5 Å². The highest BCUT2D eigenvalue weighted by atomic mass is 79.9. The molecule has 0 aliphatic carbocycles. The van der Waals surface area contributed by atoms with Crippen LogP contribution in [0.3, 0.4) is 0 Å². The molecular weight excluding hydrogens is 359 g/mol. The summed E-state index contributed by atoms with van der Waals surface area (Å²) in [6.45, 7) is 13.3. The molecule has 6 heteroatoms. The summed E-state index contributed by atoms with van der Waals surface area (Å²) >= 11 is 3.50. The summed E-state index contributed by atoms with van der Waals surface area (Å²) in [5.41, 5.74) is 0.166. The van der Waals surface area contributed by atoms with Gasteiger partial charge in [-0.15, -0.1) is 0 Å². The molecule has 2 aliphatic heterocycles. The van der Waals surface area contributed by atoms with Gasteiger partial charge in [0, 0.05) is 42.4 Å². The van der Waals surface area contributed by atoms with Crippen molar-refractivity contribution >= 4 is 27.4 Å². The average molecular weight is 385 g/mol. The van der Waals surface area contributed by atoms with Gasteiger partial charge >= 0.3 is 0 Å². The largest absolute Gasteiger partial charge is 0.362 e. The zero-order valence-corrected chi connectivity index (χ0v) is 16.0. The van der Waals surface area contributed by atoms with Crippen molar-refractivity contribution in [3.8, 4) is 0 Å². The Kier molecular flexibility index (Phi) is 4.34. The Hall–Kier alpha value is -0.880. The van der Waals surface area contributed by atoms with Gasteiger partial charge in [0.1, 0.15) is 5.67 Å². The molecule has 2 fully saturated rings. The maximum atomic E-state index is 13.9. The molecular formula is C17H26BrFN4. The van der Waals surface area contributed by atoms with E-state index in [0.29, 0.717) is 13.1 Å². The lowest BCUT2D eigenvalue weighted by molar-refractivity contribution is 0.128. The van der Waals surface area contributed by atoms with Gasteiger partial charge in [-0.2, -0.15) is 0 Å². The van der Waals surface area contributed by atoms with E-state index in [1.165, 1.54) is 0 Å². The zero-order chi connectivity index (χ0) is 16.8. The summed E-state index contributed by atoms with van der Waals surface area (Å²) < 4.78 is 14.8. The molecule has 3 rings (SSSR count). The van der Waals surface area contributed by atoms with Gasteiger partial charge in [-0.1, -0.05) is 0 Å². The molecule has 2 aliphatic rings. The summed E-state index contributed by atoms with van der Waals surface area (Å²) in [5, 5.41) is 0.